The number of hydrogen-bond donors (Lipinski definition) is 2. The van der Waals surface area contributed by atoms with E-state index in [9.17, 15) is 9.90 Å². The van der Waals surface area contributed by atoms with Crippen LogP contribution in [0.2, 0.25) is 5.02 Å². The Morgan fingerprint density at radius 3 is 2.79 bits per heavy atom. The van der Waals surface area contributed by atoms with Crippen molar-refractivity contribution in [1.82, 2.24) is 20.3 Å². The molecule has 1 unspecified atom stereocenters. The van der Waals surface area contributed by atoms with Gasteiger partial charge in [-0.2, -0.15) is 15.4 Å². The van der Waals surface area contributed by atoms with Crippen LogP contribution < -0.4 is 0 Å². The van der Waals surface area contributed by atoms with Crippen molar-refractivity contribution >= 4 is 17.5 Å². The predicted octanol–water partition coefficient (Wildman–Crippen LogP) is 1.90. The fraction of sp³-hybridized carbons (Fsp3) is 0.471. The number of rotatable bonds is 4. The quantitative estimate of drug-likeness (QED) is 0.885. The number of carbonyl (C=O) groups is 1. The topological polar surface area (TPSA) is 82.1 Å². The number of amides is 1. The molecule has 1 aliphatic carbocycles. The van der Waals surface area contributed by atoms with Crippen molar-refractivity contribution in [3.05, 3.63) is 46.7 Å². The zero-order chi connectivity index (χ0) is 16.8. The number of likely N-dealkylation sites (tertiary alicyclic amines) is 1. The highest BCUT2D eigenvalue weighted by molar-refractivity contribution is 6.31. The minimum Gasteiger partial charge on any atom is -0.381 e. The van der Waals surface area contributed by atoms with Gasteiger partial charge in [-0.15, -0.1) is 0 Å². The monoisotopic (exact) mass is 346 g/mol. The van der Waals surface area contributed by atoms with Crippen LogP contribution in [0, 0.1) is 5.41 Å². The molecule has 2 aliphatic rings. The van der Waals surface area contributed by atoms with E-state index in [0.717, 1.165) is 18.4 Å². The standard InChI is InChI=1S/C17H19ClN4O2/c18-13-4-2-1-3-12(13)9-16(5-6-16)15(23)22-8-7-17(24,11-22)14-10-19-21-20-14/h1-4,10,24H,5-9,11H2,(H,19,20,21). The third-order valence-corrected chi connectivity index (χ3v) is 5.59. The van der Waals surface area contributed by atoms with E-state index in [1.165, 1.54) is 6.20 Å². The zero-order valence-electron chi connectivity index (χ0n) is 13.2. The Morgan fingerprint density at radius 1 is 1.33 bits per heavy atom. The molecule has 0 spiro atoms. The van der Waals surface area contributed by atoms with Gasteiger partial charge in [-0.05, 0) is 30.9 Å². The van der Waals surface area contributed by atoms with Crippen LogP contribution in [0.5, 0.6) is 0 Å². The smallest absolute Gasteiger partial charge is 0.229 e. The number of halogens is 1. The Morgan fingerprint density at radius 2 is 2.12 bits per heavy atom. The second-order valence-corrected chi connectivity index (χ2v) is 7.32. The molecule has 1 aromatic carbocycles. The van der Waals surface area contributed by atoms with Crippen LogP contribution in [0.4, 0.5) is 0 Å². The molecule has 2 N–H and O–H groups in total. The summed E-state index contributed by atoms with van der Waals surface area (Å²) < 4.78 is 0. The Kier molecular flexibility index (Phi) is 3.62. The summed E-state index contributed by atoms with van der Waals surface area (Å²) in [7, 11) is 0. The SMILES string of the molecule is O=C(N1CCC(O)(c2cn[nH]n2)C1)C1(Cc2ccccc2Cl)CC1. The molecule has 2 aromatic rings. The molecule has 1 saturated heterocycles. The van der Waals surface area contributed by atoms with Crippen LogP contribution in [0.15, 0.2) is 30.5 Å². The van der Waals surface area contributed by atoms with Gasteiger partial charge in [0.2, 0.25) is 5.91 Å². The van der Waals surface area contributed by atoms with Crippen molar-refractivity contribution in [3.63, 3.8) is 0 Å². The maximum atomic E-state index is 13.0. The number of carbonyl (C=O) groups excluding carboxylic acids is 1. The van der Waals surface area contributed by atoms with E-state index in [1.54, 1.807) is 4.90 Å². The molecule has 126 valence electrons. The van der Waals surface area contributed by atoms with Gasteiger partial charge >= 0.3 is 0 Å². The number of H-pyrrole nitrogens is 1. The first-order chi connectivity index (χ1) is 11.5. The summed E-state index contributed by atoms with van der Waals surface area (Å²) in [5, 5.41) is 21.7. The Bertz CT molecular complexity index is 760. The first kappa shape index (κ1) is 15.6. The molecule has 1 atom stereocenters. The lowest BCUT2D eigenvalue weighted by Gasteiger charge is -2.25. The van der Waals surface area contributed by atoms with Crippen molar-refractivity contribution in [3.8, 4) is 0 Å². The maximum absolute atomic E-state index is 13.0. The number of aromatic nitrogens is 3. The highest BCUT2D eigenvalue weighted by Crippen LogP contribution is 2.51. The second-order valence-electron chi connectivity index (χ2n) is 6.91. The van der Waals surface area contributed by atoms with E-state index < -0.39 is 5.60 Å². The van der Waals surface area contributed by atoms with Crippen molar-refractivity contribution in [2.45, 2.75) is 31.3 Å². The van der Waals surface area contributed by atoms with Gasteiger partial charge in [-0.1, -0.05) is 29.8 Å². The van der Waals surface area contributed by atoms with E-state index in [0.29, 0.717) is 30.1 Å². The minimum atomic E-state index is -1.11. The lowest BCUT2D eigenvalue weighted by atomic mass is 9.94. The van der Waals surface area contributed by atoms with Gasteiger partial charge in [-0.25, -0.2) is 0 Å². The lowest BCUT2D eigenvalue weighted by Crippen LogP contribution is -2.39. The first-order valence-corrected chi connectivity index (χ1v) is 8.52. The molecule has 2 heterocycles. The zero-order valence-corrected chi connectivity index (χ0v) is 14.0. The molecule has 1 amide bonds. The molecule has 24 heavy (non-hydrogen) atoms. The maximum Gasteiger partial charge on any atom is 0.229 e. The Hall–Kier alpha value is -1.92. The minimum absolute atomic E-state index is 0.113. The molecule has 2 fully saturated rings. The van der Waals surface area contributed by atoms with Gasteiger partial charge in [0.15, 0.2) is 0 Å². The normalized spacial score (nSPS) is 25.0. The molecular formula is C17H19ClN4O2. The molecule has 0 radical (unpaired) electrons. The van der Waals surface area contributed by atoms with Crippen LogP contribution in [0.1, 0.15) is 30.5 Å². The third-order valence-electron chi connectivity index (χ3n) is 5.22. The summed E-state index contributed by atoms with van der Waals surface area (Å²) >= 11 is 6.25. The molecule has 4 rings (SSSR count). The van der Waals surface area contributed by atoms with Gasteiger partial charge < -0.3 is 10.0 Å². The van der Waals surface area contributed by atoms with Crippen molar-refractivity contribution in [2.75, 3.05) is 13.1 Å². The Balaban J connectivity index is 1.49. The number of benzene rings is 1. The first-order valence-electron chi connectivity index (χ1n) is 8.14. The molecular weight excluding hydrogens is 328 g/mol. The van der Waals surface area contributed by atoms with Crippen LogP contribution in [0.25, 0.3) is 0 Å². The predicted molar refractivity (Wildman–Crippen MR) is 88.3 cm³/mol. The third kappa shape index (κ3) is 2.59. The summed E-state index contributed by atoms with van der Waals surface area (Å²) in [4.78, 5) is 14.8. The van der Waals surface area contributed by atoms with E-state index in [-0.39, 0.29) is 17.9 Å². The van der Waals surface area contributed by atoms with Crippen LogP contribution in [-0.2, 0) is 16.8 Å². The van der Waals surface area contributed by atoms with Crippen molar-refractivity contribution in [2.24, 2.45) is 5.41 Å². The highest BCUT2D eigenvalue weighted by Gasteiger charge is 2.54. The van der Waals surface area contributed by atoms with Gasteiger partial charge in [-0.3, -0.25) is 4.79 Å². The Labute approximate surface area is 144 Å². The number of nitrogens with zero attached hydrogens (tertiary/aromatic N) is 3. The average molecular weight is 347 g/mol. The second kappa shape index (κ2) is 5.57. The van der Waals surface area contributed by atoms with Gasteiger partial charge in [0.1, 0.15) is 11.3 Å². The van der Waals surface area contributed by atoms with Crippen LogP contribution in [-0.4, -0.2) is 44.4 Å². The molecule has 7 heteroatoms. The molecule has 0 bridgehead atoms. The van der Waals surface area contributed by atoms with E-state index in [2.05, 4.69) is 15.4 Å². The average Bonchev–Trinajstić information content (AvgIpc) is 3.00. The summed E-state index contributed by atoms with van der Waals surface area (Å²) in [6.45, 7) is 0.801. The number of β-amino-alcohol motifs (C(OH)–C–C–N with tert-alkyl or cyclic N) is 1. The van der Waals surface area contributed by atoms with Crippen LogP contribution in [0.3, 0.4) is 0 Å². The molecule has 1 saturated carbocycles. The molecule has 1 aliphatic heterocycles. The van der Waals surface area contributed by atoms with E-state index >= 15 is 0 Å². The fourth-order valence-corrected chi connectivity index (χ4v) is 3.76. The number of nitrogens with one attached hydrogen (secondary N) is 1. The largest absolute Gasteiger partial charge is 0.381 e. The number of hydrogen-bond acceptors (Lipinski definition) is 4. The molecule has 1 aromatic heterocycles. The molecule has 6 nitrogen and oxygen atoms in total. The summed E-state index contributed by atoms with van der Waals surface area (Å²) in [5.41, 5.74) is 0.0353. The highest BCUT2D eigenvalue weighted by atomic mass is 35.5. The summed E-state index contributed by atoms with van der Waals surface area (Å²) in [5.74, 6) is 0.113. The number of aliphatic hydroxyl groups is 1. The van der Waals surface area contributed by atoms with Gasteiger partial charge in [0.25, 0.3) is 0 Å². The summed E-state index contributed by atoms with van der Waals surface area (Å²) in [6.07, 6.45) is 4.40. The van der Waals surface area contributed by atoms with Crippen LogP contribution >= 0.6 is 11.6 Å². The van der Waals surface area contributed by atoms with Crippen molar-refractivity contribution in [1.29, 1.82) is 0 Å². The number of aromatic amines is 1. The van der Waals surface area contributed by atoms with E-state index in [1.807, 2.05) is 24.3 Å². The lowest BCUT2D eigenvalue weighted by molar-refractivity contribution is -0.137. The van der Waals surface area contributed by atoms with E-state index in [4.69, 9.17) is 11.6 Å². The summed E-state index contributed by atoms with van der Waals surface area (Å²) in [6, 6.07) is 7.68. The van der Waals surface area contributed by atoms with Crippen molar-refractivity contribution < 1.29 is 9.90 Å². The fourth-order valence-electron chi connectivity index (χ4n) is 3.56. The van der Waals surface area contributed by atoms with Gasteiger partial charge in [0.05, 0.1) is 18.2 Å². The van der Waals surface area contributed by atoms with Gasteiger partial charge in [0, 0.05) is 18.0 Å².